The van der Waals surface area contributed by atoms with Crippen LogP contribution in [0.15, 0.2) is 12.1 Å². The molecule has 6 heteroatoms. The lowest BCUT2D eigenvalue weighted by molar-refractivity contribution is 0.0915. The highest BCUT2D eigenvalue weighted by Gasteiger charge is 2.24. The summed E-state index contributed by atoms with van der Waals surface area (Å²) in [5.74, 6) is 1.63. The van der Waals surface area contributed by atoms with E-state index in [9.17, 15) is 4.79 Å². The number of rotatable bonds is 6. The summed E-state index contributed by atoms with van der Waals surface area (Å²) >= 11 is 6.31. The number of ether oxygens (including phenoxy) is 2. The molecule has 1 amide bonds. The molecule has 134 valence electrons. The van der Waals surface area contributed by atoms with Crippen molar-refractivity contribution < 1.29 is 14.3 Å². The van der Waals surface area contributed by atoms with Gasteiger partial charge in [-0.2, -0.15) is 0 Å². The number of hydrogen-bond donors (Lipinski definition) is 2. The van der Waals surface area contributed by atoms with Gasteiger partial charge in [-0.3, -0.25) is 4.79 Å². The van der Waals surface area contributed by atoms with Gasteiger partial charge in [0, 0.05) is 18.2 Å². The van der Waals surface area contributed by atoms with Crippen LogP contribution in [0.5, 0.6) is 11.5 Å². The van der Waals surface area contributed by atoms with Crippen LogP contribution in [-0.4, -0.2) is 38.8 Å². The minimum atomic E-state index is -0.147. The molecule has 0 aliphatic carbocycles. The molecule has 1 aliphatic rings. The van der Waals surface area contributed by atoms with Gasteiger partial charge in [-0.25, -0.2) is 0 Å². The smallest absolute Gasteiger partial charge is 0.251 e. The largest absolute Gasteiger partial charge is 0.493 e. The summed E-state index contributed by atoms with van der Waals surface area (Å²) < 4.78 is 11.1. The van der Waals surface area contributed by atoms with E-state index in [1.165, 1.54) is 0 Å². The molecule has 0 bridgehead atoms. The normalized spacial score (nSPS) is 20.8. The van der Waals surface area contributed by atoms with Crippen molar-refractivity contribution in [1.82, 2.24) is 10.6 Å². The lowest BCUT2D eigenvalue weighted by atomic mass is 9.94. The fourth-order valence-electron chi connectivity index (χ4n) is 2.68. The van der Waals surface area contributed by atoms with E-state index < -0.39 is 0 Å². The van der Waals surface area contributed by atoms with E-state index in [-0.39, 0.29) is 11.9 Å². The highest BCUT2D eigenvalue weighted by Crippen LogP contribution is 2.36. The van der Waals surface area contributed by atoms with Crippen LogP contribution >= 0.6 is 11.6 Å². The Hall–Kier alpha value is -1.46. The van der Waals surface area contributed by atoms with Crippen LogP contribution in [0, 0.1) is 11.8 Å². The Labute approximate surface area is 149 Å². The molecule has 1 saturated heterocycles. The van der Waals surface area contributed by atoms with Crippen molar-refractivity contribution in [2.45, 2.75) is 33.2 Å². The second kappa shape index (κ2) is 8.58. The summed E-state index contributed by atoms with van der Waals surface area (Å²) in [4.78, 5) is 12.6. The molecule has 1 heterocycles. The molecule has 24 heavy (non-hydrogen) atoms. The lowest BCUT2D eigenvalue weighted by Crippen LogP contribution is -2.50. The van der Waals surface area contributed by atoms with Crippen LogP contribution in [0.1, 0.15) is 37.6 Å². The standard InChI is InChI=1S/C18H27ClN2O3/c1-11(2)10-24-17-14(19)7-13(8-16(17)23-4)18(22)21-15-9-20-6-5-12(15)3/h7-8,11-12,15,20H,5-6,9-10H2,1-4H3,(H,21,22). The summed E-state index contributed by atoms with van der Waals surface area (Å²) in [5.41, 5.74) is 0.478. The Balaban J connectivity index is 2.14. The first-order valence-corrected chi connectivity index (χ1v) is 8.82. The van der Waals surface area contributed by atoms with E-state index in [1.54, 1.807) is 19.2 Å². The van der Waals surface area contributed by atoms with E-state index in [1.807, 2.05) is 0 Å². The average Bonchev–Trinajstić information content (AvgIpc) is 2.54. The van der Waals surface area contributed by atoms with Crippen molar-refractivity contribution in [3.8, 4) is 11.5 Å². The summed E-state index contributed by atoms with van der Waals surface area (Å²) in [5, 5.41) is 6.77. The molecule has 2 unspecified atom stereocenters. The highest BCUT2D eigenvalue weighted by molar-refractivity contribution is 6.32. The maximum absolute atomic E-state index is 12.6. The molecule has 0 spiro atoms. The second-order valence-corrected chi connectivity index (χ2v) is 7.15. The zero-order chi connectivity index (χ0) is 17.7. The molecule has 2 atom stereocenters. The van der Waals surface area contributed by atoms with Crippen LogP contribution in [0.3, 0.4) is 0 Å². The first-order chi connectivity index (χ1) is 11.4. The fourth-order valence-corrected chi connectivity index (χ4v) is 2.94. The van der Waals surface area contributed by atoms with Gasteiger partial charge in [-0.1, -0.05) is 32.4 Å². The van der Waals surface area contributed by atoms with Gasteiger partial charge in [0.25, 0.3) is 5.91 Å². The van der Waals surface area contributed by atoms with Gasteiger partial charge in [0.1, 0.15) is 0 Å². The van der Waals surface area contributed by atoms with Crippen molar-refractivity contribution in [1.29, 1.82) is 0 Å². The third-order valence-electron chi connectivity index (χ3n) is 4.20. The minimum Gasteiger partial charge on any atom is -0.493 e. The molecule has 1 fully saturated rings. The summed E-state index contributed by atoms with van der Waals surface area (Å²) in [7, 11) is 1.54. The molecule has 2 N–H and O–H groups in total. The molecule has 5 nitrogen and oxygen atoms in total. The fraction of sp³-hybridized carbons (Fsp3) is 0.611. The number of methoxy groups -OCH3 is 1. The molecule has 0 saturated carbocycles. The number of nitrogens with one attached hydrogen (secondary N) is 2. The van der Waals surface area contributed by atoms with Crippen LogP contribution < -0.4 is 20.1 Å². The van der Waals surface area contributed by atoms with Gasteiger partial charge in [0.2, 0.25) is 0 Å². The van der Waals surface area contributed by atoms with Crippen molar-refractivity contribution in [3.63, 3.8) is 0 Å². The average molecular weight is 355 g/mol. The molecular formula is C18H27ClN2O3. The van der Waals surface area contributed by atoms with E-state index in [0.29, 0.717) is 40.5 Å². The zero-order valence-electron chi connectivity index (χ0n) is 14.8. The Morgan fingerprint density at radius 1 is 1.46 bits per heavy atom. The zero-order valence-corrected chi connectivity index (χ0v) is 15.6. The van der Waals surface area contributed by atoms with Crippen molar-refractivity contribution in [2.24, 2.45) is 11.8 Å². The topological polar surface area (TPSA) is 59.6 Å². The van der Waals surface area contributed by atoms with Crippen LogP contribution in [0.2, 0.25) is 5.02 Å². The van der Waals surface area contributed by atoms with E-state index in [4.69, 9.17) is 21.1 Å². The maximum Gasteiger partial charge on any atom is 0.251 e. The summed E-state index contributed by atoms with van der Waals surface area (Å²) in [6.45, 7) is 8.58. The quantitative estimate of drug-likeness (QED) is 0.824. The third-order valence-corrected chi connectivity index (χ3v) is 4.48. The highest BCUT2D eigenvalue weighted by atomic mass is 35.5. The number of halogens is 1. The Morgan fingerprint density at radius 3 is 2.83 bits per heavy atom. The molecule has 1 aliphatic heterocycles. The lowest BCUT2D eigenvalue weighted by Gasteiger charge is -2.30. The Bertz CT molecular complexity index is 578. The van der Waals surface area contributed by atoms with E-state index in [2.05, 4.69) is 31.4 Å². The van der Waals surface area contributed by atoms with Gasteiger partial charge < -0.3 is 20.1 Å². The van der Waals surface area contributed by atoms with Gasteiger partial charge in [-0.05, 0) is 36.9 Å². The number of carbonyl (C=O) groups excluding carboxylic acids is 1. The first-order valence-electron chi connectivity index (χ1n) is 8.44. The molecule has 0 radical (unpaired) electrons. The van der Waals surface area contributed by atoms with Crippen LogP contribution in [0.4, 0.5) is 0 Å². The predicted molar refractivity (Wildman–Crippen MR) is 96.2 cm³/mol. The molecule has 1 aromatic carbocycles. The van der Waals surface area contributed by atoms with E-state index >= 15 is 0 Å². The number of benzene rings is 1. The SMILES string of the molecule is COc1cc(C(=O)NC2CNCCC2C)cc(Cl)c1OCC(C)C. The summed E-state index contributed by atoms with van der Waals surface area (Å²) in [6, 6.07) is 3.43. The number of hydrogen-bond acceptors (Lipinski definition) is 4. The molecular weight excluding hydrogens is 328 g/mol. The van der Waals surface area contributed by atoms with Crippen LogP contribution in [0.25, 0.3) is 0 Å². The van der Waals surface area contributed by atoms with Crippen molar-refractivity contribution in [3.05, 3.63) is 22.7 Å². The molecule has 1 aromatic rings. The third kappa shape index (κ3) is 4.77. The van der Waals surface area contributed by atoms with Crippen molar-refractivity contribution in [2.75, 3.05) is 26.8 Å². The van der Waals surface area contributed by atoms with Gasteiger partial charge in [-0.15, -0.1) is 0 Å². The number of carbonyl (C=O) groups is 1. The molecule has 2 rings (SSSR count). The Morgan fingerprint density at radius 2 is 2.21 bits per heavy atom. The monoisotopic (exact) mass is 354 g/mol. The minimum absolute atomic E-state index is 0.118. The molecule has 0 aromatic heterocycles. The maximum atomic E-state index is 12.6. The van der Waals surface area contributed by atoms with Crippen molar-refractivity contribution >= 4 is 17.5 Å². The van der Waals surface area contributed by atoms with Gasteiger partial charge in [0.05, 0.1) is 18.7 Å². The second-order valence-electron chi connectivity index (χ2n) is 6.74. The number of amides is 1. The summed E-state index contributed by atoms with van der Waals surface area (Å²) in [6.07, 6.45) is 1.05. The van der Waals surface area contributed by atoms with Gasteiger partial charge in [0.15, 0.2) is 11.5 Å². The van der Waals surface area contributed by atoms with E-state index in [0.717, 1.165) is 19.5 Å². The predicted octanol–water partition coefficient (Wildman–Crippen LogP) is 3.11. The first kappa shape index (κ1) is 18.9. The van der Waals surface area contributed by atoms with Gasteiger partial charge >= 0.3 is 0 Å². The number of piperidine rings is 1. The Kier molecular flexibility index (Phi) is 6.75. The van der Waals surface area contributed by atoms with Crippen LogP contribution in [-0.2, 0) is 0 Å².